The van der Waals surface area contributed by atoms with Gasteiger partial charge >= 0.3 is 0 Å². The average molecular weight is 344 g/mol. The highest BCUT2D eigenvalue weighted by molar-refractivity contribution is 6.01. The molecule has 0 N–H and O–H groups in total. The number of ketones is 1. The fourth-order valence-corrected chi connectivity index (χ4v) is 3.57. The van der Waals surface area contributed by atoms with E-state index in [1.54, 1.807) is 6.26 Å². The normalized spacial score (nSPS) is 18.8. The number of rotatable bonds is 7. The van der Waals surface area contributed by atoms with Crippen LogP contribution < -0.4 is 0 Å². The standard InChI is InChI=1S/C20H28N2O3/c1-14-10-19(15(2)22(14)12-18-6-5-8-25-18)20(23)16(3)21(4)11-17-7-9-24-13-17/h5-6,8,10,16-17H,7,9,11-13H2,1-4H3/t16-,17-/m1/s1. The van der Waals surface area contributed by atoms with Gasteiger partial charge in [0.05, 0.1) is 25.5 Å². The van der Waals surface area contributed by atoms with Crippen LogP contribution in [0.5, 0.6) is 0 Å². The molecule has 0 aromatic carbocycles. The molecule has 2 aromatic heterocycles. The van der Waals surface area contributed by atoms with Gasteiger partial charge in [0.2, 0.25) is 0 Å². The molecule has 1 aliphatic rings. The number of nitrogens with zero attached hydrogens (tertiary/aromatic N) is 2. The maximum atomic E-state index is 13.0. The molecule has 3 rings (SSSR count). The van der Waals surface area contributed by atoms with Gasteiger partial charge in [-0.3, -0.25) is 9.69 Å². The third kappa shape index (κ3) is 3.88. The summed E-state index contributed by atoms with van der Waals surface area (Å²) in [5.74, 6) is 1.61. The second-order valence-electron chi connectivity index (χ2n) is 7.16. The highest BCUT2D eigenvalue weighted by Crippen LogP contribution is 2.21. The van der Waals surface area contributed by atoms with E-state index in [0.717, 1.165) is 48.9 Å². The van der Waals surface area contributed by atoms with Gasteiger partial charge in [-0.2, -0.15) is 0 Å². The van der Waals surface area contributed by atoms with Crippen molar-refractivity contribution in [3.8, 4) is 0 Å². The fourth-order valence-electron chi connectivity index (χ4n) is 3.57. The third-order valence-corrected chi connectivity index (χ3v) is 5.34. The lowest BCUT2D eigenvalue weighted by atomic mass is 10.0. The van der Waals surface area contributed by atoms with E-state index in [2.05, 4.69) is 9.47 Å². The predicted octanol–water partition coefficient (Wildman–Crippen LogP) is 3.29. The summed E-state index contributed by atoms with van der Waals surface area (Å²) in [5, 5.41) is 0. The molecule has 5 nitrogen and oxygen atoms in total. The van der Waals surface area contributed by atoms with Crippen LogP contribution >= 0.6 is 0 Å². The van der Waals surface area contributed by atoms with Crippen LogP contribution in [0.15, 0.2) is 28.9 Å². The number of Topliss-reactive ketones (excluding diaryl/α,β-unsaturated/α-hetero) is 1. The quantitative estimate of drug-likeness (QED) is 0.723. The van der Waals surface area contributed by atoms with E-state index in [-0.39, 0.29) is 11.8 Å². The summed E-state index contributed by atoms with van der Waals surface area (Å²) in [4.78, 5) is 15.2. The summed E-state index contributed by atoms with van der Waals surface area (Å²) in [6, 6.07) is 5.71. The number of likely N-dealkylation sites (N-methyl/N-ethyl adjacent to an activating group) is 1. The van der Waals surface area contributed by atoms with E-state index in [9.17, 15) is 4.79 Å². The second kappa shape index (κ2) is 7.58. The zero-order valence-corrected chi connectivity index (χ0v) is 15.6. The molecule has 5 heteroatoms. The fraction of sp³-hybridized carbons (Fsp3) is 0.550. The van der Waals surface area contributed by atoms with E-state index in [4.69, 9.17) is 9.15 Å². The van der Waals surface area contributed by atoms with Crippen molar-refractivity contribution in [2.45, 2.75) is 39.8 Å². The molecule has 0 aliphatic carbocycles. The SMILES string of the molecule is Cc1cc(C(=O)[C@@H](C)N(C)C[C@H]2CCOC2)c(C)n1Cc1ccco1. The number of aromatic nitrogens is 1. The van der Waals surface area contributed by atoms with Crippen LogP contribution in [-0.2, 0) is 11.3 Å². The van der Waals surface area contributed by atoms with Crippen LogP contribution in [0, 0.1) is 19.8 Å². The lowest BCUT2D eigenvalue weighted by Crippen LogP contribution is -2.39. The van der Waals surface area contributed by atoms with Gasteiger partial charge in [-0.15, -0.1) is 0 Å². The number of hydrogen-bond donors (Lipinski definition) is 0. The molecule has 0 bridgehead atoms. The maximum absolute atomic E-state index is 13.0. The van der Waals surface area contributed by atoms with E-state index >= 15 is 0 Å². The number of aryl methyl sites for hydroxylation is 1. The van der Waals surface area contributed by atoms with Gasteiger partial charge in [0.25, 0.3) is 0 Å². The molecule has 2 aromatic rings. The summed E-state index contributed by atoms with van der Waals surface area (Å²) >= 11 is 0. The maximum Gasteiger partial charge on any atom is 0.181 e. The van der Waals surface area contributed by atoms with Crippen LogP contribution in [0.2, 0.25) is 0 Å². The lowest BCUT2D eigenvalue weighted by Gasteiger charge is -2.26. The summed E-state index contributed by atoms with van der Waals surface area (Å²) in [5.41, 5.74) is 2.89. The van der Waals surface area contributed by atoms with E-state index in [1.807, 2.05) is 46.0 Å². The molecule has 0 saturated carbocycles. The molecule has 1 saturated heterocycles. The molecule has 25 heavy (non-hydrogen) atoms. The van der Waals surface area contributed by atoms with Crippen LogP contribution in [0.25, 0.3) is 0 Å². The monoisotopic (exact) mass is 344 g/mol. The Morgan fingerprint density at radius 3 is 2.88 bits per heavy atom. The summed E-state index contributed by atoms with van der Waals surface area (Å²) in [6.07, 6.45) is 2.77. The van der Waals surface area contributed by atoms with Crippen LogP contribution in [0.4, 0.5) is 0 Å². The Morgan fingerprint density at radius 1 is 1.44 bits per heavy atom. The van der Waals surface area contributed by atoms with Crippen LogP contribution in [0.1, 0.15) is 40.9 Å². The third-order valence-electron chi connectivity index (χ3n) is 5.34. The van der Waals surface area contributed by atoms with Gasteiger partial charge in [0.15, 0.2) is 5.78 Å². The molecule has 1 aliphatic heterocycles. The smallest absolute Gasteiger partial charge is 0.181 e. The Balaban J connectivity index is 1.72. The first-order valence-electron chi connectivity index (χ1n) is 8.98. The molecule has 0 amide bonds. The molecule has 0 radical (unpaired) electrons. The second-order valence-corrected chi connectivity index (χ2v) is 7.16. The zero-order valence-electron chi connectivity index (χ0n) is 15.6. The predicted molar refractivity (Wildman–Crippen MR) is 97.1 cm³/mol. The largest absolute Gasteiger partial charge is 0.467 e. The molecule has 136 valence electrons. The summed E-state index contributed by atoms with van der Waals surface area (Å²) in [7, 11) is 2.03. The van der Waals surface area contributed by atoms with Gasteiger partial charge in [0.1, 0.15) is 5.76 Å². The molecule has 3 heterocycles. The van der Waals surface area contributed by atoms with Gasteiger partial charge in [-0.25, -0.2) is 0 Å². The Morgan fingerprint density at radius 2 is 2.24 bits per heavy atom. The minimum Gasteiger partial charge on any atom is -0.467 e. The van der Waals surface area contributed by atoms with Crippen LogP contribution in [-0.4, -0.2) is 48.1 Å². The highest BCUT2D eigenvalue weighted by Gasteiger charge is 2.26. The van der Waals surface area contributed by atoms with Crippen molar-refractivity contribution in [2.75, 3.05) is 26.8 Å². The van der Waals surface area contributed by atoms with Crippen molar-refractivity contribution in [1.29, 1.82) is 0 Å². The molecule has 0 spiro atoms. The number of carbonyl (C=O) groups is 1. The van der Waals surface area contributed by atoms with Gasteiger partial charge in [0, 0.05) is 30.1 Å². The molecule has 2 atom stereocenters. The van der Waals surface area contributed by atoms with Gasteiger partial charge in [-0.05, 0) is 58.4 Å². The zero-order chi connectivity index (χ0) is 18.0. The van der Waals surface area contributed by atoms with Gasteiger partial charge in [-0.1, -0.05) is 0 Å². The van der Waals surface area contributed by atoms with E-state index in [0.29, 0.717) is 12.5 Å². The van der Waals surface area contributed by atoms with Crippen molar-refractivity contribution in [1.82, 2.24) is 9.47 Å². The lowest BCUT2D eigenvalue weighted by molar-refractivity contribution is 0.0844. The summed E-state index contributed by atoms with van der Waals surface area (Å²) < 4.78 is 13.0. The number of ether oxygens (including phenoxy) is 1. The highest BCUT2D eigenvalue weighted by atomic mass is 16.5. The summed E-state index contributed by atoms with van der Waals surface area (Å²) in [6.45, 7) is 9.26. The number of carbonyl (C=O) groups excluding carboxylic acids is 1. The topological polar surface area (TPSA) is 47.6 Å². The first-order valence-corrected chi connectivity index (χ1v) is 8.98. The van der Waals surface area contributed by atoms with Gasteiger partial charge < -0.3 is 13.7 Å². The van der Waals surface area contributed by atoms with Crippen molar-refractivity contribution in [3.05, 3.63) is 47.2 Å². The Bertz CT molecular complexity index is 712. The molecule has 1 fully saturated rings. The molecule has 0 unspecified atom stereocenters. The minimum atomic E-state index is -0.141. The van der Waals surface area contributed by atoms with Crippen molar-refractivity contribution >= 4 is 5.78 Å². The van der Waals surface area contributed by atoms with Crippen molar-refractivity contribution < 1.29 is 13.9 Å². The molecular formula is C20H28N2O3. The first-order chi connectivity index (χ1) is 12.0. The Kier molecular flexibility index (Phi) is 5.45. The number of hydrogen-bond acceptors (Lipinski definition) is 4. The Labute approximate surface area is 149 Å². The van der Waals surface area contributed by atoms with E-state index < -0.39 is 0 Å². The average Bonchev–Trinajstić information content (AvgIpc) is 3.33. The van der Waals surface area contributed by atoms with Crippen LogP contribution in [0.3, 0.4) is 0 Å². The first kappa shape index (κ1) is 18.0. The minimum absolute atomic E-state index is 0.141. The van der Waals surface area contributed by atoms with Crippen molar-refractivity contribution in [3.63, 3.8) is 0 Å². The molecular weight excluding hydrogens is 316 g/mol. The van der Waals surface area contributed by atoms with E-state index in [1.165, 1.54) is 0 Å². The number of furan rings is 1. The Hall–Kier alpha value is -1.85. The van der Waals surface area contributed by atoms with Crippen molar-refractivity contribution in [2.24, 2.45) is 5.92 Å².